The molecule has 0 atom stereocenters. The maximum atomic E-state index is 12.7. The summed E-state index contributed by atoms with van der Waals surface area (Å²) >= 11 is 0. The van der Waals surface area contributed by atoms with E-state index in [1.54, 1.807) is 4.68 Å². The van der Waals surface area contributed by atoms with E-state index in [0.29, 0.717) is 36.7 Å². The largest absolute Gasteiger partial charge is 0.395 e. The number of fused-ring (bicyclic) bond motifs is 1. The third-order valence-electron chi connectivity index (χ3n) is 3.80. The molecule has 1 aliphatic heterocycles. The highest BCUT2D eigenvalue weighted by molar-refractivity contribution is 5.98. The topological polar surface area (TPSA) is 64.2 Å². The van der Waals surface area contributed by atoms with Gasteiger partial charge in [-0.2, -0.15) is 5.10 Å². The van der Waals surface area contributed by atoms with Crippen LogP contribution >= 0.6 is 0 Å². The molecule has 0 unspecified atom stereocenters. The van der Waals surface area contributed by atoms with Crippen LogP contribution in [0.15, 0.2) is 24.3 Å². The van der Waals surface area contributed by atoms with Gasteiger partial charge in [0.15, 0.2) is 0 Å². The van der Waals surface area contributed by atoms with Crippen molar-refractivity contribution in [3.63, 3.8) is 0 Å². The average molecular weight is 270 g/mol. The number of aryl methyl sites for hydroxylation is 2. The lowest BCUT2D eigenvalue weighted by Gasteiger charge is -2.16. The molecule has 0 saturated heterocycles. The summed E-state index contributed by atoms with van der Waals surface area (Å²) in [5.41, 5.74) is 10.2. The highest BCUT2D eigenvalue weighted by Crippen LogP contribution is 2.26. The predicted molar refractivity (Wildman–Crippen MR) is 77.1 cm³/mol. The summed E-state index contributed by atoms with van der Waals surface area (Å²) in [5, 5.41) is 4.31. The van der Waals surface area contributed by atoms with Crippen molar-refractivity contribution in [2.24, 2.45) is 0 Å². The quantitative estimate of drug-likeness (QED) is 0.907. The molecule has 5 heteroatoms. The highest BCUT2D eigenvalue weighted by Gasteiger charge is 2.28. The van der Waals surface area contributed by atoms with E-state index in [1.165, 1.54) is 11.1 Å². The number of amides is 1. The Morgan fingerprint density at radius 3 is 2.45 bits per heavy atom. The molecule has 0 radical (unpaired) electrons. The number of anilines is 1. The molecule has 1 amide bonds. The first-order chi connectivity index (χ1) is 9.61. The normalized spacial score (nSPS) is 13.6. The van der Waals surface area contributed by atoms with Crippen LogP contribution in [0.3, 0.4) is 0 Å². The van der Waals surface area contributed by atoms with Gasteiger partial charge < -0.3 is 10.6 Å². The Morgan fingerprint density at radius 1 is 1.30 bits per heavy atom. The number of benzene rings is 1. The van der Waals surface area contributed by atoms with E-state index in [2.05, 4.69) is 17.2 Å². The lowest BCUT2D eigenvalue weighted by molar-refractivity contribution is 0.0740. The third kappa shape index (κ3) is 1.86. The van der Waals surface area contributed by atoms with E-state index in [-0.39, 0.29) is 5.91 Å². The molecule has 20 heavy (non-hydrogen) atoms. The first-order valence-corrected chi connectivity index (χ1v) is 6.80. The Hall–Kier alpha value is -2.30. The van der Waals surface area contributed by atoms with Crippen LogP contribution in [-0.2, 0) is 19.6 Å². The standard InChI is InChI=1S/C15H18N4O/c1-3-19-14(13(16)10(2)17-19)15(20)18-8-11-6-4-5-7-12(11)9-18/h4-7H,3,8-9,16H2,1-2H3. The van der Waals surface area contributed by atoms with Crippen LogP contribution in [0, 0.1) is 6.92 Å². The minimum absolute atomic E-state index is 0.0406. The Kier molecular flexibility index (Phi) is 2.97. The van der Waals surface area contributed by atoms with Gasteiger partial charge >= 0.3 is 0 Å². The Labute approximate surface area is 118 Å². The van der Waals surface area contributed by atoms with E-state index in [4.69, 9.17) is 5.73 Å². The van der Waals surface area contributed by atoms with Crippen LogP contribution in [-0.4, -0.2) is 20.6 Å². The maximum absolute atomic E-state index is 12.7. The van der Waals surface area contributed by atoms with Crippen molar-refractivity contribution in [1.29, 1.82) is 0 Å². The molecule has 104 valence electrons. The van der Waals surface area contributed by atoms with Crippen LogP contribution in [0.25, 0.3) is 0 Å². The summed E-state index contributed by atoms with van der Waals surface area (Å²) in [5.74, 6) is -0.0406. The number of nitrogens with two attached hydrogens (primary N) is 1. The van der Waals surface area contributed by atoms with E-state index in [9.17, 15) is 4.79 Å². The van der Waals surface area contributed by atoms with Crippen LogP contribution < -0.4 is 5.73 Å². The predicted octanol–water partition coefficient (Wildman–Crippen LogP) is 1.95. The van der Waals surface area contributed by atoms with Crippen LogP contribution in [0.5, 0.6) is 0 Å². The number of hydrogen-bond donors (Lipinski definition) is 1. The van der Waals surface area contributed by atoms with Gasteiger partial charge in [0.2, 0.25) is 0 Å². The van der Waals surface area contributed by atoms with Gasteiger partial charge in [-0.25, -0.2) is 0 Å². The smallest absolute Gasteiger partial charge is 0.274 e. The fourth-order valence-electron chi connectivity index (χ4n) is 2.68. The first kappa shape index (κ1) is 12.7. The van der Waals surface area contributed by atoms with Crippen molar-refractivity contribution in [3.05, 3.63) is 46.8 Å². The first-order valence-electron chi connectivity index (χ1n) is 6.80. The molecule has 1 aromatic carbocycles. The molecule has 1 aliphatic rings. The van der Waals surface area contributed by atoms with Gasteiger partial charge in [-0.3, -0.25) is 9.48 Å². The van der Waals surface area contributed by atoms with Crippen molar-refractivity contribution >= 4 is 11.6 Å². The summed E-state index contributed by atoms with van der Waals surface area (Å²) in [6.45, 7) is 5.71. The van der Waals surface area contributed by atoms with Crippen molar-refractivity contribution < 1.29 is 4.79 Å². The second kappa shape index (κ2) is 4.67. The number of hydrogen-bond acceptors (Lipinski definition) is 3. The molecule has 2 aromatic rings. The van der Waals surface area contributed by atoms with Crippen molar-refractivity contribution in [2.75, 3.05) is 5.73 Å². The lowest BCUT2D eigenvalue weighted by atomic mass is 10.1. The summed E-state index contributed by atoms with van der Waals surface area (Å²) in [6, 6.07) is 8.13. The molecule has 0 spiro atoms. The van der Waals surface area contributed by atoms with Crippen LogP contribution in [0.4, 0.5) is 5.69 Å². The molecule has 5 nitrogen and oxygen atoms in total. The molecule has 2 N–H and O–H groups in total. The van der Waals surface area contributed by atoms with Gasteiger partial charge in [-0.05, 0) is 25.0 Å². The SMILES string of the molecule is CCn1nc(C)c(N)c1C(=O)N1Cc2ccccc2C1. The molecular formula is C15H18N4O. The molecule has 3 rings (SSSR count). The zero-order valence-corrected chi connectivity index (χ0v) is 11.8. The van der Waals surface area contributed by atoms with E-state index in [1.807, 2.05) is 30.9 Å². The summed E-state index contributed by atoms with van der Waals surface area (Å²) in [6.07, 6.45) is 0. The number of nitrogen functional groups attached to an aromatic ring is 1. The minimum Gasteiger partial charge on any atom is -0.395 e. The van der Waals surface area contributed by atoms with Gasteiger partial charge in [0, 0.05) is 19.6 Å². The fourth-order valence-corrected chi connectivity index (χ4v) is 2.68. The van der Waals surface area contributed by atoms with Crippen molar-refractivity contribution in [3.8, 4) is 0 Å². The van der Waals surface area contributed by atoms with Crippen LogP contribution in [0.2, 0.25) is 0 Å². The minimum atomic E-state index is -0.0406. The molecule has 2 heterocycles. The van der Waals surface area contributed by atoms with Crippen molar-refractivity contribution in [2.45, 2.75) is 33.5 Å². The maximum Gasteiger partial charge on any atom is 0.274 e. The zero-order valence-electron chi connectivity index (χ0n) is 11.8. The fraction of sp³-hybridized carbons (Fsp3) is 0.333. The van der Waals surface area contributed by atoms with Gasteiger partial charge in [0.1, 0.15) is 5.69 Å². The number of carbonyl (C=O) groups excluding carboxylic acids is 1. The molecule has 0 aliphatic carbocycles. The second-order valence-electron chi connectivity index (χ2n) is 5.09. The molecule has 0 saturated carbocycles. The second-order valence-corrected chi connectivity index (χ2v) is 5.09. The van der Waals surface area contributed by atoms with Gasteiger partial charge in [-0.15, -0.1) is 0 Å². The molecular weight excluding hydrogens is 252 g/mol. The van der Waals surface area contributed by atoms with Gasteiger partial charge in [0.25, 0.3) is 5.91 Å². The van der Waals surface area contributed by atoms with Crippen molar-refractivity contribution in [1.82, 2.24) is 14.7 Å². The average Bonchev–Trinajstić information content (AvgIpc) is 3.00. The number of carbonyl (C=O) groups is 1. The van der Waals surface area contributed by atoms with Gasteiger partial charge in [-0.1, -0.05) is 24.3 Å². The highest BCUT2D eigenvalue weighted by atomic mass is 16.2. The number of rotatable bonds is 2. The zero-order chi connectivity index (χ0) is 14.3. The Morgan fingerprint density at radius 2 is 1.90 bits per heavy atom. The van der Waals surface area contributed by atoms with E-state index < -0.39 is 0 Å². The van der Waals surface area contributed by atoms with E-state index >= 15 is 0 Å². The Bertz CT molecular complexity index is 650. The monoisotopic (exact) mass is 270 g/mol. The Balaban J connectivity index is 1.92. The van der Waals surface area contributed by atoms with Crippen LogP contribution in [0.1, 0.15) is 34.2 Å². The van der Waals surface area contributed by atoms with Gasteiger partial charge in [0.05, 0.1) is 11.4 Å². The number of nitrogens with zero attached hydrogens (tertiary/aromatic N) is 3. The van der Waals surface area contributed by atoms with E-state index in [0.717, 1.165) is 0 Å². The lowest BCUT2D eigenvalue weighted by Crippen LogP contribution is -2.28. The summed E-state index contributed by atoms with van der Waals surface area (Å²) in [4.78, 5) is 14.5. The number of aromatic nitrogens is 2. The molecule has 0 fully saturated rings. The molecule has 0 bridgehead atoms. The summed E-state index contributed by atoms with van der Waals surface area (Å²) in [7, 11) is 0. The third-order valence-corrected chi connectivity index (χ3v) is 3.80. The summed E-state index contributed by atoms with van der Waals surface area (Å²) < 4.78 is 1.69. The molecule has 1 aromatic heterocycles.